The average molecular weight is 539 g/mol. The summed E-state index contributed by atoms with van der Waals surface area (Å²) in [6.07, 6.45) is 1.56. The van der Waals surface area contributed by atoms with Crippen LogP contribution in [0.2, 0.25) is 5.02 Å². The first kappa shape index (κ1) is 27.3. The van der Waals surface area contributed by atoms with E-state index in [2.05, 4.69) is 37.4 Å². The molecule has 0 spiro atoms. The normalized spacial score (nSPS) is 14.2. The summed E-state index contributed by atoms with van der Waals surface area (Å²) in [7, 11) is 2.12. The maximum absolute atomic E-state index is 12.9. The summed E-state index contributed by atoms with van der Waals surface area (Å²) >= 11 is 6.29. The lowest BCUT2D eigenvalue weighted by molar-refractivity contribution is 0.0963. The van der Waals surface area contributed by atoms with E-state index < -0.39 is 5.91 Å². The minimum Gasteiger partial charge on any atom is -0.492 e. The Morgan fingerprint density at radius 2 is 1.66 bits per heavy atom. The van der Waals surface area contributed by atoms with Gasteiger partial charge < -0.3 is 25.3 Å². The number of amides is 2. The van der Waals surface area contributed by atoms with Crippen LogP contribution >= 0.6 is 11.6 Å². The molecule has 0 bridgehead atoms. The Bertz CT molecular complexity index is 1280. The van der Waals surface area contributed by atoms with Crippen LogP contribution in [-0.2, 0) is 0 Å². The smallest absolute Gasteiger partial charge is 0.274 e. The van der Waals surface area contributed by atoms with Crippen molar-refractivity contribution in [3.05, 3.63) is 70.8 Å². The summed E-state index contributed by atoms with van der Waals surface area (Å²) in [5, 5.41) is 5.85. The largest absolute Gasteiger partial charge is 0.492 e. The molecular weight excluding hydrogens is 508 g/mol. The van der Waals surface area contributed by atoms with Crippen LogP contribution in [0.3, 0.4) is 0 Å². The predicted octanol–water partition coefficient (Wildman–Crippen LogP) is 3.79. The molecule has 4 rings (SSSR count). The molecule has 1 fully saturated rings. The van der Waals surface area contributed by atoms with Crippen molar-refractivity contribution in [2.75, 3.05) is 57.0 Å². The number of H-pyrrole nitrogens is 1. The van der Waals surface area contributed by atoms with Crippen molar-refractivity contribution in [2.24, 2.45) is 0 Å². The molecule has 0 radical (unpaired) electrons. The van der Waals surface area contributed by atoms with Gasteiger partial charge in [0.25, 0.3) is 11.8 Å². The Kier molecular flexibility index (Phi) is 9.11. The molecule has 11 heteroatoms. The maximum atomic E-state index is 12.9. The molecule has 2 amide bonds. The van der Waals surface area contributed by atoms with Gasteiger partial charge in [0.1, 0.15) is 23.7 Å². The number of likely N-dealkylation sites (N-methyl/N-ethyl adjacent to an activating group) is 1. The number of Topliss-reactive ketones (excluding diaryl/α,β-unsaturated/α-hetero) is 1. The molecule has 1 aromatic heterocycles. The number of carbonyl (C=O) groups is 3. The van der Waals surface area contributed by atoms with E-state index in [1.54, 1.807) is 49.4 Å². The van der Waals surface area contributed by atoms with Crippen LogP contribution in [0.15, 0.2) is 48.8 Å². The lowest BCUT2D eigenvalue weighted by Crippen LogP contribution is -2.45. The van der Waals surface area contributed by atoms with Crippen molar-refractivity contribution >= 4 is 40.6 Å². The molecule has 1 aliphatic rings. The summed E-state index contributed by atoms with van der Waals surface area (Å²) in [5.74, 6) is -0.507. The predicted molar refractivity (Wildman–Crippen MR) is 146 cm³/mol. The van der Waals surface area contributed by atoms with Crippen molar-refractivity contribution in [2.45, 2.75) is 13.3 Å². The van der Waals surface area contributed by atoms with Gasteiger partial charge in [-0.15, -0.1) is 0 Å². The number of nitrogens with one attached hydrogen (secondary N) is 3. The molecule has 3 aromatic rings. The second kappa shape index (κ2) is 12.7. The van der Waals surface area contributed by atoms with Crippen molar-refractivity contribution in [3.8, 4) is 5.75 Å². The van der Waals surface area contributed by atoms with Crippen LogP contribution in [-0.4, -0.2) is 83.7 Å². The summed E-state index contributed by atoms with van der Waals surface area (Å²) in [6.45, 7) is 7.16. The number of benzene rings is 2. The number of ketones is 1. The quantitative estimate of drug-likeness (QED) is 0.336. The van der Waals surface area contributed by atoms with Crippen LogP contribution < -0.4 is 15.4 Å². The second-order valence-electron chi connectivity index (χ2n) is 9.02. The van der Waals surface area contributed by atoms with Crippen molar-refractivity contribution in [1.82, 2.24) is 19.8 Å². The van der Waals surface area contributed by atoms with Crippen LogP contribution in [0.4, 0.5) is 11.4 Å². The Hall–Kier alpha value is -3.73. The highest BCUT2D eigenvalue weighted by atomic mass is 35.5. The van der Waals surface area contributed by atoms with E-state index in [1.807, 2.05) is 0 Å². The third kappa shape index (κ3) is 6.97. The molecule has 3 N–H and O–H groups in total. The van der Waals surface area contributed by atoms with Gasteiger partial charge in [0.2, 0.25) is 0 Å². The minimum absolute atomic E-state index is 0.106. The summed E-state index contributed by atoms with van der Waals surface area (Å²) in [5.41, 5.74) is 1.53. The molecule has 200 valence electrons. The van der Waals surface area contributed by atoms with Crippen LogP contribution in [0.5, 0.6) is 5.75 Å². The first-order chi connectivity index (χ1) is 18.3. The Morgan fingerprint density at radius 1 is 1.00 bits per heavy atom. The number of piperazine rings is 1. The lowest BCUT2D eigenvalue weighted by atomic mass is 10.1. The number of ether oxygens (including phenoxy) is 1. The highest BCUT2D eigenvalue weighted by Crippen LogP contribution is 2.24. The van der Waals surface area contributed by atoms with Gasteiger partial charge in [-0.2, -0.15) is 0 Å². The minimum atomic E-state index is -0.479. The number of anilines is 2. The average Bonchev–Trinajstić information content (AvgIpc) is 3.42. The van der Waals surface area contributed by atoms with E-state index in [-0.39, 0.29) is 29.5 Å². The van der Waals surface area contributed by atoms with Crippen LogP contribution in [0, 0.1) is 0 Å². The van der Waals surface area contributed by atoms with Gasteiger partial charge in [-0.1, -0.05) is 18.5 Å². The topological polar surface area (TPSA) is 120 Å². The molecule has 1 aliphatic heterocycles. The summed E-state index contributed by atoms with van der Waals surface area (Å²) < 4.78 is 5.88. The molecule has 38 heavy (non-hydrogen) atoms. The number of nitrogens with zero attached hydrogens (tertiary/aromatic N) is 3. The van der Waals surface area contributed by atoms with Crippen LogP contribution in [0.25, 0.3) is 0 Å². The third-order valence-electron chi connectivity index (χ3n) is 6.31. The highest BCUT2D eigenvalue weighted by molar-refractivity contribution is 6.34. The summed E-state index contributed by atoms with van der Waals surface area (Å²) in [6, 6.07) is 11.6. The van der Waals surface area contributed by atoms with Crippen molar-refractivity contribution in [3.63, 3.8) is 0 Å². The monoisotopic (exact) mass is 538 g/mol. The maximum Gasteiger partial charge on any atom is 0.274 e. The van der Waals surface area contributed by atoms with E-state index in [1.165, 1.54) is 6.33 Å². The van der Waals surface area contributed by atoms with E-state index >= 15 is 0 Å². The SMILES string of the molecule is CCC(=O)c1nc[nH]c1C(=O)Nc1ccc(NC(=O)c2cc(OCCN3CCN(C)CC3)ccc2Cl)cc1. The fourth-order valence-corrected chi connectivity index (χ4v) is 4.21. The van der Waals surface area contributed by atoms with Gasteiger partial charge in [0.05, 0.1) is 16.9 Å². The standard InChI is InChI=1S/C27H31ClN6O4/c1-3-23(35)24-25(30-17-29-24)27(37)32-19-6-4-18(5-7-19)31-26(36)21-16-20(8-9-22(21)28)38-15-14-34-12-10-33(2)11-13-34/h4-9,16-17H,3,10-15H2,1-2H3,(H,29,30)(H,31,36)(H,32,37). The molecule has 0 unspecified atom stereocenters. The fraction of sp³-hybridized carbons (Fsp3) is 0.333. The van der Waals surface area contributed by atoms with Gasteiger partial charge >= 0.3 is 0 Å². The van der Waals surface area contributed by atoms with E-state index in [4.69, 9.17) is 16.3 Å². The van der Waals surface area contributed by atoms with Gasteiger partial charge in [0.15, 0.2) is 5.78 Å². The number of carbonyl (C=O) groups excluding carboxylic acids is 3. The zero-order valence-corrected chi connectivity index (χ0v) is 22.2. The molecular formula is C27H31ClN6O4. The molecule has 2 heterocycles. The third-order valence-corrected chi connectivity index (χ3v) is 6.64. The number of halogens is 1. The van der Waals surface area contributed by atoms with Crippen molar-refractivity contribution < 1.29 is 19.1 Å². The zero-order chi connectivity index (χ0) is 27.1. The van der Waals surface area contributed by atoms with Crippen LogP contribution in [0.1, 0.15) is 44.7 Å². The molecule has 2 aromatic carbocycles. The Labute approximate surface area is 226 Å². The number of hydrogen-bond donors (Lipinski definition) is 3. The highest BCUT2D eigenvalue weighted by Gasteiger charge is 2.19. The molecule has 1 saturated heterocycles. The van der Waals surface area contributed by atoms with E-state index in [0.29, 0.717) is 34.3 Å². The second-order valence-corrected chi connectivity index (χ2v) is 9.43. The number of aromatic amines is 1. The van der Waals surface area contributed by atoms with E-state index in [9.17, 15) is 14.4 Å². The number of hydrogen-bond acceptors (Lipinski definition) is 7. The summed E-state index contributed by atoms with van der Waals surface area (Å²) in [4.78, 5) is 48.8. The number of imidazole rings is 1. The van der Waals surface area contributed by atoms with Gasteiger partial charge in [-0.3, -0.25) is 19.3 Å². The zero-order valence-electron chi connectivity index (χ0n) is 21.4. The molecule has 0 saturated carbocycles. The van der Waals surface area contributed by atoms with E-state index in [0.717, 1.165) is 32.7 Å². The lowest BCUT2D eigenvalue weighted by Gasteiger charge is -2.32. The number of rotatable bonds is 10. The van der Waals surface area contributed by atoms with Crippen molar-refractivity contribution in [1.29, 1.82) is 0 Å². The van der Waals surface area contributed by atoms with Gasteiger partial charge in [-0.05, 0) is 49.5 Å². The first-order valence-electron chi connectivity index (χ1n) is 12.5. The van der Waals surface area contributed by atoms with Gasteiger partial charge in [0, 0.05) is 50.5 Å². The van der Waals surface area contributed by atoms with Gasteiger partial charge in [-0.25, -0.2) is 4.98 Å². The first-order valence-corrected chi connectivity index (χ1v) is 12.8. The molecule has 0 atom stereocenters. The fourth-order valence-electron chi connectivity index (χ4n) is 4.01. The Balaban J connectivity index is 1.32. The number of aromatic nitrogens is 2. The Morgan fingerprint density at radius 3 is 2.32 bits per heavy atom. The molecule has 10 nitrogen and oxygen atoms in total. The molecule has 0 aliphatic carbocycles.